The predicted octanol–water partition coefficient (Wildman–Crippen LogP) is 3.23. The number of unbranched alkanes of at least 4 members (excludes halogenated alkanes) is 3. The van der Waals surface area contributed by atoms with Gasteiger partial charge >= 0.3 is 79.3 Å². The molecule has 3 aliphatic heterocycles. The number of pyridine rings is 1. The second-order valence-corrected chi connectivity index (χ2v) is 25.3. The van der Waals surface area contributed by atoms with Gasteiger partial charge < -0.3 is 84.2 Å². The fourth-order valence-electron chi connectivity index (χ4n) is 11.4. The van der Waals surface area contributed by atoms with Crippen molar-refractivity contribution in [3.05, 3.63) is 113 Å². The van der Waals surface area contributed by atoms with Crippen molar-refractivity contribution in [1.82, 2.24) is 41.4 Å². The minimum atomic E-state index is -1.35. The number of thiocarbonyl (C=S) groups is 1. The molecule has 3 aliphatic rings. The number of aliphatic imine (C=N–C) groups is 1. The zero-order valence-corrected chi connectivity index (χ0v) is 57.9. The number of nitrogens with one attached hydrogen (secondary N) is 8. The molecular weight excluding hydrogens is 1440 g/mol. The monoisotopic (exact) mass is 1530 g/mol. The summed E-state index contributed by atoms with van der Waals surface area (Å²) in [6.45, 7) is -2.20. The summed E-state index contributed by atoms with van der Waals surface area (Å²) in [5.74, 6) is -0.562. The summed E-state index contributed by atoms with van der Waals surface area (Å²) in [6.07, 6.45) is 7.23. The molecule has 7 rings (SSSR count). The fourth-order valence-corrected chi connectivity index (χ4v) is 13.1. The number of nitrogens with two attached hydrogens (primary N) is 2. The summed E-state index contributed by atoms with van der Waals surface area (Å²) in [7, 11) is 0. The SMILES string of the molecule is NC(N)=NCCCC(NC(=O)C1CCCCN1C(=O)C(Cc1ccccc1)NC(=O)CCCCCNC(=O)CCCCC1SCC2NC(=O)NC21)C(=O)Nc1ccc(NC(=S)Nc2ccc(C#Cc3cc(CN(CC(=O)O)CC(=O)O)nc(N(CC(=O)O)CC(=O)O)c3)cc2)cc1.[Eu+3]. The number of anilines is 4. The summed E-state index contributed by atoms with van der Waals surface area (Å²) >= 11 is 7.44. The summed E-state index contributed by atoms with van der Waals surface area (Å²) in [6, 6.07) is 22.6. The van der Waals surface area contributed by atoms with Gasteiger partial charge in [-0.2, -0.15) is 11.8 Å². The zero-order valence-electron chi connectivity index (χ0n) is 53.8. The molecule has 32 heteroatoms. The number of benzene rings is 3. The zero-order chi connectivity index (χ0) is 69.8. The Labute approximate surface area is 617 Å². The van der Waals surface area contributed by atoms with Crippen LogP contribution in [0.1, 0.15) is 106 Å². The summed E-state index contributed by atoms with van der Waals surface area (Å²) in [5.41, 5.74) is 14.4. The number of aromatic nitrogens is 1. The van der Waals surface area contributed by atoms with Gasteiger partial charge in [-0.15, -0.1) is 0 Å². The van der Waals surface area contributed by atoms with Crippen molar-refractivity contribution < 1.29 is 118 Å². The number of carbonyl (C=O) groups is 10. The van der Waals surface area contributed by atoms with Crippen LogP contribution in [-0.2, 0) is 56.1 Å². The number of guanidine groups is 1. The van der Waals surface area contributed by atoms with E-state index in [2.05, 4.69) is 64.4 Å². The van der Waals surface area contributed by atoms with Crippen LogP contribution in [0.25, 0.3) is 0 Å². The molecule has 4 aromatic rings. The Morgan fingerprint density at radius 3 is 1.99 bits per heavy atom. The molecule has 522 valence electrons. The quantitative estimate of drug-likeness (QED) is 0.00776. The van der Waals surface area contributed by atoms with Crippen LogP contribution in [0.4, 0.5) is 27.7 Å². The maximum Gasteiger partial charge on any atom is 3.00 e. The molecule has 6 unspecified atom stereocenters. The van der Waals surface area contributed by atoms with Gasteiger partial charge in [0, 0.05) is 84.6 Å². The van der Waals surface area contributed by atoms with Gasteiger partial charge in [-0.25, -0.2) is 9.78 Å². The number of likely N-dealkylation sites (tertiary alicyclic amines) is 1. The first-order chi connectivity index (χ1) is 46.5. The van der Waals surface area contributed by atoms with Gasteiger partial charge in [0.1, 0.15) is 37.0 Å². The molecule has 16 N–H and O–H groups in total. The Bertz CT molecular complexity index is 3510. The van der Waals surface area contributed by atoms with Gasteiger partial charge in [0.25, 0.3) is 0 Å². The first-order valence-corrected chi connectivity index (χ1v) is 33.4. The average Bonchev–Trinajstić information content (AvgIpc) is 1.49. The van der Waals surface area contributed by atoms with E-state index in [0.717, 1.165) is 40.4 Å². The number of aliphatic carboxylic acids is 4. The second-order valence-electron chi connectivity index (χ2n) is 23.6. The molecule has 0 spiro atoms. The van der Waals surface area contributed by atoms with E-state index < -0.39 is 85.9 Å². The number of fused-ring (bicyclic) bond motifs is 1. The molecule has 1 aromatic heterocycles. The van der Waals surface area contributed by atoms with Crippen LogP contribution in [0, 0.1) is 61.2 Å². The third kappa shape index (κ3) is 27.1. The van der Waals surface area contributed by atoms with Crippen LogP contribution in [0.2, 0.25) is 0 Å². The van der Waals surface area contributed by atoms with Crippen molar-refractivity contribution in [1.29, 1.82) is 0 Å². The number of carboxylic acid groups (broad SMARTS) is 4. The number of piperidine rings is 1. The first kappa shape index (κ1) is 78.5. The van der Waals surface area contributed by atoms with E-state index in [0.29, 0.717) is 85.8 Å². The third-order valence-corrected chi connectivity index (χ3v) is 17.6. The van der Waals surface area contributed by atoms with Crippen molar-refractivity contribution in [2.45, 2.75) is 132 Å². The number of hydrogen-bond acceptors (Lipinski definition) is 16. The Morgan fingerprint density at radius 1 is 0.714 bits per heavy atom. The van der Waals surface area contributed by atoms with Crippen LogP contribution >= 0.6 is 24.0 Å². The molecule has 29 nitrogen and oxygen atoms in total. The molecule has 0 radical (unpaired) electrons. The Kier molecular flexibility index (Phi) is 32.4. The largest absolute Gasteiger partial charge is 3.00 e. The summed E-state index contributed by atoms with van der Waals surface area (Å²) < 4.78 is 0. The third-order valence-electron chi connectivity index (χ3n) is 15.9. The van der Waals surface area contributed by atoms with Crippen molar-refractivity contribution in [3.63, 3.8) is 0 Å². The van der Waals surface area contributed by atoms with E-state index in [1.807, 2.05) is 42.1 Å². The van der Waals surface area contributed by atoms with Crippen LogP contribution in [0.3, 0.4) is 0 Å². The molecule has 7 amide bonds. The first-order valence-electron chi connectivity index (χ1n) is 32.0. The fraction of sp³-hybridized carbons (Fsp3) is 0.439. The normalized spacial score (nSPS) is 16.5. The molecule has 3 aromatic carbocycles. The average molecular weight is 1530 g/mol. The molecule has 0 bridgehead atoms. The van der Waals surface area contributed by atoms with E-state index in [-0.39, 0.29) is 146 Å². The molecule has 3 saturated heterocycles. The number of amides is 7. The molecule has 0 aliphatic carbocycles. The number of rotatable bonds is 36. The second kappa shape index (κ2) is 40.4. The molecular formula is C66H83EuN15O14S2+3. The van der Waals surface area contributed by atoms with Crippen molar-refractivity contribution in [2.24, 2.45) is 16.5 Å². The van der Waals surface area contributed by atoms with E-state index in [4.69, 9.17) is 23.7 Å². The van der Waals surface area contributed by atoms with E-state index >= 15 is 0 Å². The van der Waals surface area contributed by atoms with Crippen LogP contribution < -0.4 is 58.9 Å². The van der Waals surface area contributed by atoms with Gasteiger partial charge in [0.05, 0.1) is 30.9 Å². The Balaban J connectivity index is 0.0000152. The van der Waals surface area contributed by atoms with Crippen molar-refractivity contribution in [3.8, 4) is 11.8 Å². The number of hydrogen-bond donors (Lipinski definition) is 14. The molecule has 4 heterocycles. The number of carbonyl (C=O) groups excluding carboxylic acids is 6. The smallest absolute Gasteiger partial charge is 0.480 e. The van der Waals surface area contributed by atoms with E-state index in [1.54, 1.807) is 48.5 Å². The topological polar surface area (TPSA) is 435 Å². The Morgan fingerprint density at radius 2 is 1.34 bits per heavy atom. The number of thioether (sulfide) groups is 1. The van der Waals surface area contributed by atoms with Gasteiger partial charge in [0.15, 0.2) is 11.1 Å². The minimum absolute atomic E-state index is 0. The van der Waals surface area contributed by atoms with Crippen molar-refractivity contribution in [2.75, 3.05) is 72.4 Å². The van der Waals surface area contributed by atoms with Crippen molar-refractivity contribution >= 4 is 117 Å². The molecule has 0 saturated carbocycles. The maximum atomic E-state index is 14.7. The standard InChI is InChI=1S/C66H83N15O14S2.Eu/c67-64(68)70-30-11-14-48(76-62(93)51-15-8-10-31-81(51)63(94)49(33-42-12-3-1-4-13-42)75-55(83)18-5-2-9-29-69-54(82)17-7-6-16-52-60-50(40-97-52)77-65(95)78-60)61(92)72-44-25-27-46(28-26-44)74-66(96)73-45-23-21-41(22-24-45)19-20-43-32-47(35-79(36-56(84)85)37-57(86)87)71-53(34-43)80(38-58(88)89)39-59(90)91;/h1,3-4,12-13,21-28,32,34,48-52,60H,2,5-11,14-18,29-31,33,35-40H2,(H,69,82)(H,72,92)(H,75,83)(H,76,93)(H,84,85)(H,86,87)(H,88,89)(H,90,91)(H4,67,68,70)(H2,73,74,96)(H2,77,78,95);/q;+3. The maximum absolute atomic E-state index is 14.7. The minimum Gasteiger partial charge on any atom is -0.480 e. The van der Waals surface area contributed by atoms with E-state index in [1.165, 1.54) is 17.0 Å². The molecule has 3 fully saturated rings. The van der Waals surface area contributed by atoms with Crippen LogP contribution in [0.5, 0.6) is 0 Å². The number of nitrogens with zero attached hydrogens (tertiary/aromatic N) is 5. The van der Waals surface area contributed by atoms with Gasteiger partial charge in [-0.3, -0.25) is 53.0 Å². The van der Waals surface area contributed by atoms with Gasteiger partial charge in [-0.05, 0) is 136 Å². The summed E-state index contributed by atoms with van der Waals surface area (Å²) in [5, 5.41) is 62.1. The van der Waals surface area contributed by atoms with Crippen LogP contribution in [-0.4, -0.2) is 193 Å². The number of carboxylic acids is 4. The Hall–Kier alpha value is -8.48. The van der Waals surface area contributed by atoms with Gasteiger partial charge in [0.2, 0.25) is 29.5 Å². The van der Waals surface area contributed by atoms with Crippen LogP contribution in [0.15, 0.2) is 96.0 Å². The number of urea groups is 1. The summed E-state index contributed by atoms with van der Waals surface area (Å²) in [4.78, 5) is 139. The predicted molar refractivity (Wildman–Crippen MR) is 368 cm³/mol. The van der Waals surface area contributed by atoms with Gasteiger partial charge in [-0.1, -0.05) is 55.0 Å². The molecule has 6 atom stereocenters. The van der Waals surface area contributed by atoms with E-state index in [9.17, 15) is 68.4 Å². The molecule has 98 heavy (non-hydrogen) atoms.